The molecule has 0 radical (unpaired) electrons. The summed E-state index contributed by atoms with van der Waals surface area (Å²) < 4.78 is 1.89. The van der Waals surface area contributed by atoms with Gasteiger partial charge in [0.15, 0.2) is 0 Å². The molecule has 3 N–H and O–H groups in total. The van der Waals surface area contributed by atoms with E-state index in [9.17, 15) is 0 Å². The maximum absolute atomic E-state index is 5.56. The normalized spacial score (nSPS) is 12.6. The van der Waals surface area contributed by atoms with Crippen molar-refractivity contribution in [3.63, 3.8) is 0 Å². The third kappa shape index (κ3) is 2.86. The maximum Gasteiger partial charge on any atom is 0.115 e. The van der Waals surface area contributed by atoms with Crippen molar-refractivity contribution in [2.24, 2.45) is 5.84 Å². The molecule has 0 aliphatic carbocycles. The van der Waals surface area contributed by atoms with Crippen molar-refractivity contribution in [1.29, 1.82) is 0 Å². The summed E-state index contributed by atoms with van der Waals surface area (Å²) in [6.07, 6.45) is 9.69. The van der Waals surface area contributed by atoms with Gasteiger partial charge in [-0.15, -0.1) is 0 Å². The SMILES string of the molecule is CCn1cc(CC(NN)c2cncnc2)cn1. The monoisotopic (exact) mass is 232 g/mol. The molecular weight excluding hydrogens is 216 g/mol. The number of nitrogens with one attached hydrogen (secondary N) is 1. The number of nitrogens with zero attached hydrogens (tertiary/aromatic N) is 4. The maximum atomic E-state index is 5.56. The van der Waals surface area contributed by atoms with E-state index in [-0.39, 0.29) is 6.04 Å². The number of nitrogens with two attached hydrogens (primary N) is 1. The van der Waals surface area contributed by atoms with Crippen molar-refractivity contribution >= 4 is 0 Å². The topological polar surface area (TPSA) is 81.7 Å². The lowest BCUT2D eigenvalue weighted by molar-refractivity contribution is 0.547. The number of rotatable bonds is 5. The zero-order chi connectivity index (χ0) is 12.1. The minimum atomic E-state index is 0.00528. The van der Waals surface area contributed by atoms with Crippen LogP contribution in [-0.4, -0.2) is 19.7 Å². The van der Waals surface area contributed by atoms with Crippen molar-refractivity contribution in [2.45, 2.75) is 25.9 Å². The first kappa shape index (κ1) is 11.7. The van der Waals surface area contributed by atoms with Crippen molar-refractivity contribution in [3.05, 3.63) is 42.2 Å². The molecule has 6 heteroatoms. The molecule has 0 amide bonds. The minimum Gasteiger partial charge on any atom is -0.273 e. The van der Waals surface area contributed by atoms with E-state index in [1.165, 1.54) is 6.33 Å². The van der Waals surface area contributed by atoms with Crippen molar-refractivity contribution in [2.75, 3.05) is 0 Å². The zero-order valence-corrected chi connectivity index (χ0v) is 9.74. The summed E-state index contributed by atoms with van der Waals surface area (Å²) in [4.78, 5) is 7.98. The molecule has 0 aromatic carbocycles. The van der Waals surface area contributed by atoms with Gasteiger partial charge in [-0.2, -0.15) is 5.10 Å². The molecule has 0 bridgehead atoms. The van der Waals surface area contributed by atoms with Gasteiger partial charge in [0.25, 0.3) is 0 Å². The average Bonchev–Trinajstić information content (AvgIpc) is 2.84. The molecule has 0 spiro atoms. The lowest BCUT2D eigenvalue weighted by Crippen LogP contribution is -2.29. The van der Waals surface area contributed by atoms with E-state index in [0.717, 1.165) is 24.1 Å². The number of aromatic nitrogens is 4. The summed E-state index contributed by atoms with van der Waals surface area (Å²) >= 11 is 0. The van der Waals surface area contributed by atoms with E-state index >= 15 is 0 Å². The molecule has 0 fully saturated rings. The van der Waals surface area contributed by atoms with Crippen LogP contribution in [0.15, 0.2) is 31.1 Å². The van der Waals surface area contributed by atoms with Crippen LogP contribution in [-0.2, 0) is 13.0 Å². The average molecular weight is 232 g/mol. The van der Waals surface area contributed by atoms with E-state index in [0.29, 0.717) is 0 Å². The second kappa shape index (κ2) is 5.51. The van der Waals surface area contributed by atoms with Crippen LogP contribution in [0.3, 0.4) is 0 Å². The van der Waals surface area contributed by atoms with Crippen LogP contribution >= 0.6 is 0 Å². The number of hydrogen-bond acceptors (Lipinski definition) is 5. The first-order valence-corrected chi connectivity index (χ1v) is 5.56. The highest BCUT2D eigenvalue weighted by Crippen LogP contribution is 2.15. The Morgan fingerprint density at radius 2 is 2.12 bits per heavy atom. The third-order valence-electron chi connectivity index (χ3n) is 2.63. The molecule has 0 aliphatic rings. The van der Waals surface area contributed by atoms with Crippen LogP contribution in [0.2, 0.25) is 0 Å². The number of hydrazine groups is 1. The summed E-state index contributed by atoms with van der Waals surface area (Å²) in [6.45, 7) is 2.93. The molecule has 0 saturated carbocycles. The van der Waals surface area contributed by atoms with Crippen molar-refractivity contribution in [3.8, 4) is 0 Å². The molecule has 2 heterocycles. The van der Waals surface area contributed by atoms with Crippen molar-refractivity contribution in [1.82, 2.24) is 25.2 Å². The summed E-state index contributed by atoms with van der Waals surface area (Å²) in [6, 6.07) is 0.00528. The van der Waals surface area contributed by atoms with Gasteiger partial charge >= 0.3 is 0 Å². The Morgan fingerprint density at radius 3 is 2.71 bits per heavy atom. The van der Waals surface area contributed by atoms with Gasteiger partial charge in [0.1, 0.15) is 6.33 Å². The van der Waals surface area contributed by atoms with E-state index in [2.05, 4.69) is 27.4 Å². The fourth-order valence-electron chi connectivity index (χ4n) is 1.68. The highest BCUT2D eigenvalue weighted by Gasteiger charge is 2.12. The highest BCUT2D eigenvalue weighted by molar-refractivity contribution is 5.15. The predicted octanol–water partition coefficient (Wildman–Crippen LogP) is 0.440. The van der Waals surface area contributed by atoms with E-state index in [4.69, 9.17) is 5.84 Å². The lowest BCUT2D eigenvalue weighted by atomic mass is 10.0. The van der Waals surface area contributed by atoms with Crippen LogP contribution in [0.25, 0.3) is 0 Å². The zero-order valence-electron chi connectivity index (χ0n) is 9.74. The molecule has 1 unspecified atom stereocenters. The predicted molar refractivity (Wildman–Crippen MR) is 63.7 cm³/mol. The third-order valence-corrected chi connectivity index (χ3v) is 2.63. The quantitative estimate of drug-likeness (QED) is 0.577. The van der Waals surface area contributed by atoms with Gasteiger partial charge in [-0.25, -0.2) is 9.97 Å². The van der Waals surface area contributed by atoms with Gasteiger partial charge in [-0.05, 0) is 18.9 Å². The second-order valence-electron chi connectivity index (χ2n) is 3.80. The minimum absolute atomic E-state index is 0.00528. The molecule has 0 saturated heterocycles. The Hall–Kier alpha value is -1.79. The molecule has 0 aliphatic heterocycles. The Bertz CT molecular complexity index is 452. The van der Waals surface area contributed by atoms with Crippen molar-refractivity contribution < 1.29 is 0 Å². The summed E-state index contributed by atoms with van der Waals surface area (Å²) in [7, 11) is 0. The molecule has 2 aromatic heterocycles. The van der Waals surface area contributed by atoms with E-state index in [1.807, 2.05) is 17.1 Å². The molecule has 2 aromatic rings. The van der Waals surface area contributed by atoms with Crippen LogP contribution in [0, 0.1) is 0 Å². The number of hydrogen-bond donors (Lipinski definition) is 2. The van der Waals surface area contributed by atoms with Gasteiger partial charge in [0, 0.05) is 30.7 Å². The van der Waals surface area contributed by atoms with Crippen LogP contribution in [0.4, 0.5) is 0 Å². The first-order chi connectivity index (χ1) is 8.33. The standard InChI is InChI=1S/C11H16N6/c1-2-17-7-9(4-15-17)3-11(16-12)10-5-13-8-14-6-10/h4-8,11,16H,2-3,12H2,1H3. The number of aryl methyl sites for hydroxylation is 1. The Labute approximate surface area is 99.9 Å². The fourth-order valence-corrected chi connectivity index (χ4v) is 1.68. The Morgan fingerprint density at radius 1 is 1.35 bits per heavy atom. The Balaban J connectivity index is 2.10. The van der Waals surface area contributed by atoms with Gasteiger partial charge in [-0.1, -0.05) is 0 Å². The largest absolute Gasteiger partial charge is 0.273 e. The fraction of sp³-hybridized carbons (Fsp3) is 0.364. The molecule has 6 nitrogen and oxygen atoms in total. The molecule has 1 atom stereocenters. The van der Waals surface area contributed by atoms with Gasteiger partial charge in [0.2, 0.25) is 0 Å². The van der Waals surface area contributed by atoms with Gasteiger partial charge in [-0.3, -0.25) is 16.0 Å². The second-order valence-corrected chi connectivity index (χ2v) is 3.80. The van der Waals surface area contributed by atoms with E-state index < -0.39 is 0 Å². The van der Waals surface area contributed by atoms with Gasteiger partial charge < -0.3 is 0 Å². The summed E-state index contributed by atoms with van der Waals surface area (Å²) in [5.41, 5.74) is 4.89. The summed E-state index contributed by atoms with van der Waals surface area (Å²) in [5.74, 6) is 5.56. The molecule has 17 heavy (non-hydrogen) atoms. The van der Waals surface area contributed by atoms with Crippen LogP contribution in [0.1, 0.15) is 24.1 Å². The lowest BCUT2D eigenvalue weighted by Gasteiger charge is -2.14. The van der Waals surface area contributed by atoms with Gasteiger partial charge in [0.05, 0.1) is 12.2 Å². The highest BCUT2D eigenvalue weighted by atomic mass is 15.3. The summed E-state index contributed by atoms with van der Waals surface area (Å²) in [5, 5.41) is 4.23. The Kier molecular flexibility index (Phi) is 3.79. The van der Waals surface area contributed by atoms with E-state index in [1.54, 1.807) is 12.4 Å². The smallest absolute Gasteiger partial charge is 0.115 e. The van der Waals surface area contributed by atoms with Crippen LogP contribution < -0.4 is 11.3 Å². The first-order valence-electron chi connectivity index (χ1n) is 5.56. The molecule has 90 valence electrons. The van der Waals surface area contributed by atoms with Crippen LogP contribution in [0.5, 0.6) is 0 Å². The molecule has 2 rings (SSSR count). The molecular formula is C11H16N6.